The Bertz CT molecular complexity index is 553. The second kappa shape index (κ2) is 5.52. The Morgan fingerprint density at radius 2 is 1.75 bits per heavy atom. The van der Waals surface area contributed by atoms with Crippen LogP contribution in [0.5, 0.6) is 0 Å². The number of rotatable bonds is 3. The number of benzene rings is 1. The molecule has 0 saturated carbocycles. The van der Waals surface area contributed by atoms with E-state index in [1.807, 2.05) is 5.32 Å². The summed E-state index contributed by atoms with van der Waals surface area (Å²) in [4.78, 5) is 23.0. The molecule has 0 aliphatic carbocycles. The molecule has 0 radical (unpaired) electrons. The van der Waals surface area contributed by atoms with E-state index in [1.54, 1.807) is 0 Å². The second-order valence-electron chi connectivity index (χ2n) is 5.38. The van der Waals surface area contributed by atoms with Crippen LogP contribution >= 0.6 is 0 Å². The van der Waals surface area contributed by atoms with Crippen LogP contribution in [-0.4, -0.2) is 17.0 Å². The molecule has 0 spiro atoms. The summed E-state index contributed by atoms with van der Waals surface area (Å²) in [6.07, 6.45) is 0. The first kappa shape index (κ1) is 16.0. The van der Waals surface area contributed by atoms with E-state index in [9.17, 15) is 22.8 Å². The number of carbonyl (C=O) groups is 2. The van der Waals surface area contributed by atoms with Crippen LogP contribution in [-0.2, 0) is 9.59 Å². The minimum atomic E-state index is -1.49. The number of carbonyl (C=O) groups excluding carboxylic acids is 1. The Labute approximate surface area is 113 Å². The highest BCUT2D eigenvalue weighted by atomic mass is 19.2. The number of hydrogen-bond donors (Lipinski definition) is 2. The summed E-state index contributed by atoms with van der Waals surface area (Å²) in [5.74, 6) is -7.95. The number of hydrogen-bond acceptors (Lipinski definition) is 2. The van der Waals surface area contributed by atoms with Crippen molar-refractivity contribution in [1.29, 1.82) is 0 Å². The number of carboxylic acid groups (broad SMARTS) is 1. The highest BCUT2D eigenvalue weighted by molar-refractivity contribution is 6.04. The quantitative estimate of drug-likeness (QED) is 0.664. The SMILES string of the molecule is CC(C)(C)C(C(=O)O)C(=O)Nc1cc(F)cc(F)c1F. The Morgan fingerprint density at radius 3 is 2.20 bits per heavy atom. The van der Waals surface area contributed by atoms with Gasteiger partial charge in [-0.15, -0.1) is 0 Å². The van der Waals surface area contributed by atoms with Gasteiger partial charge in [0.2, 0.25) is 5.91 Å². The van der Waals surface area contributed by atoms with Crippen molar-refractivity contribution in [2.45, 2.75) is 20.8 Å². The van der Waals surface area contributed by atoms with Crippen molar-refractivity contribution in [3.8, 4) is 0 Å². The van der Waals surface area contributed by atoms with Crippen molar-refractivity contribution in [2.24, 2.45) is 11.3 Å². The van der Waals surface area contributed by atoms with E-state index in [2.05, 4.69) is 0 Å². The molecular weight excluding hydrogens is 275 g/mol. The highest BCUT2D eigenvalue weighted by Gasteiger charge is 2.38. The van der Waals surface area contributed by atoms with Gasteiger partial charge in [0.1, 0.15) is 11.7 Å². The lowest BCUT2D eigenvalue weighted by Crippen LogP contribution is -2.39. The number of nitrogens with one attached hydrogen (secondary N) is 1. The van der Waals surface area contributed by atoms with Crippen molar-refractivity contribution in [3.05, 3.63) is 29.6 Å². The van der Waals surface area contributed by atoms with Gasteiger partial charge in [0.15, 0.2) is 11.6 Å². The number of amides is 1. The third-order valence-electron chi connectivity index (χ3n) is 2.63. The largest absolute Gasteiger partial charge is 0.481 e. The van der Waals surface area contributed by atoms with Crippen molar-refractivity contribution in [2.75, 3.05) is 5.32 Å². The van der Waals surface area contributed by atoms with Crippen LogP contribution in [0.2, 0.25) is 0 Å². The zero-order chi connectivity index (χ0) is 15.7. The van der Waals surface area contributed by atoms with Crippen LogP contribution in [0, 0.1) is 28.8 Å². The van der Waals surface area contributed by atoms with Crippen LogP contribution in [0.4, 0.5) is 18.9 Å². The van der Waals surface area contributed by atoms with E-state index in [0.717, 1.165) is 0 Å². The molecule has 0 heterocycles. The van der Waals surface area contributed by atoms with Crippen molar-refractivity contribution in [3.63, 3.8) is 0 Å². The van der Waals surface area contributed by atoms with Crippen LogP contribution < -0.4 is 5.32 Å². The molecule has 20 heavy (non-hydrogen) atoms. The molecule has 0 bridgehead atoms. The van der Waals surface area contributed by atoms with Crippen LogP contribution in [0.3, 0.4) is 0 Å². The summed E-state index contributed by atoms with van der Waals surface area (Å²) in [6, 6.07) is 0.904. The van der Waals surface area contributed by atoms with E-state index >= 15 is 0 Å². The molecule has 0 aliphatic rings. The fraction of sp³-hybridized carbons (Fsp3) is 0.385. The van der Waals surface area contributed by atoms with Crippen LogP contribution in [0.1, 0.15) is 20.8 Å². The average Bonchev–Trinajstić information content (AvgIpc) is 2.22. The van der Waals surface area contributed by atoms with Crippen molar-refractivity contribution >= 4 is 17.6 Å². The van der Waals surface area contributed by atoms with E-state index in [0.29, 0.717) is 12.1 Å². The first-order valence-corrected chi connectivity index (χ1v) is 5.72. The van der Waals surface area contributed by atoms with Gasteiger partial charge in [0, 0.05) is 12.1 Å². The Kier molecular flexibility index (Phi) is 4.42. The molecule has 0 aromatic heterocycles. The Morgan fingerprint density at radius 1 is 1.20 bits per heavy atom. The van der Waals surface area contributed by atoms with Crippen LogP contribution in [0.15, 0.2) is 12.1 Å². The lowest BCUT2D eigenvalue weighted by atomic mass is 9.80. The fourth-order valence-electron chi connectivity index (χ4n) is 1.73. The predicted octanol–water partition coefficient (Wildman–Crippen LogP) is 2.79. The van der Waals surface area contributed by atoms with E-state index in [4.69, 9.17) is 5.11 Å². The maximum atomic E-state index is 13.4. The lowest BCUT2D eigenvalue weighted by molar-refractivity contribution is -0.149. The van der Waals surface area contributed by atoms with Gasteiger partial charge in [0.05, 0.1) is 5.69 Å². The maximum absolute atomic E-state index is 13.4. The minimum Gasteiger partial charge on any atom is -0.481 e. The maximum Gasteiger partial charge on any atom is 0.316 e. The molecule has 1 amide bonds. The third-order valence-corrected chi connectivity index (χ3v) is 2.63. The summed E-state index contributed by atoms with van der Waals surface area (Å²) in [6.45, 7) is 4.52. The third kappa shape index (κ3) is 3.49. The van der Waals surface area contributed by atoms with E-state index in [-0.39, 0.29) is 0 Å². The Balaban J connectivity index is 3.10. The molecule has 2 N–H and O–H groups in total. The molecule has 0 saturated heterocycles. The lowest BCUT2D eigenvalue weighted by Gasteiger charge is -2.26. The zero-order valence-electron chi connectivity index (χ0n) is 11.1. The van der Waals surface area contributed by atoms with Gasteiger partial charge in [-0.2, -0.15) is 0 Å². The summed E-state index contributed by atoms with van der Waals surface area (Å²) in [5.41, 5.74) is -1.68. The molecule has 1 rings (SSSR count). The topological polar surface area (TPSA) is 66.4 Å². The summed E-state index contributed by atoms with van der Waals surface area (Å²) in [7, 11) is 0. The molecule has 0 fully saturated rings. The number of anilines is 1. The van der Waals surface area contributed by atoms with Crippen LogP contribution in [0.25, 0.3) is 0 Å². The van der Waals surface area contributed by atoms with Gasteiger partial charge in [-0.1, -0.05) is 20.8 Å². The van der Waals surface area contributed by atoms with Gasteiger partial charge in [-0.05, 0) is 5.41 Å². The highest BCUT2D eigenvalue weighted by Crippen LogP contribution is 2.28. The molecule has 0 aliphatic heterocycles. The van der Waals surface area contributed by atoms with Gasteiger partial charge < -0.3 is 10.4 Å². The van der Waals surface area contributed by atoms with Gasteiger partial charge in [-0.3, -0.25) is 9.59 Å². The zero-order valence-corrected chi connectivity index (χ0v) is 11.1. The fourth-order valence-corrected chi connectivity index (χ4v) is 1.73. The number of halogens is 3. The summed E-state index contributed by atoms with van der Waals surface area (Å²) >= 11 is 0. The first-order valence-electron chi connectivity index (χ1n) is 5.72. The van der Waals surface area contributed by atoms with Gasteiger partial charge in [0.25, 0.3) is 0 Å². The van der Waals surface area contributed by atoms with Crippen molar-refractivity contribution < 1.29 is 27.9 Å². The van der Waals surface area contributed by atoms with Gasteiger partial charge in [-0.25, -0.2) is 13.2 Å². The molecule has 110 valence electrons. The monoisotopic (exact) mass is 289 g/mol. The molecule has 4 nitrogen and oxygen atoms in total. The molecule has 1 aromatic rings. The Hall–Kier alpha value is -2.05. The average molecular weight is 289 g/mol. The smallest absolute Gasteiger partial charge is 0.316 e. The normalized spacial score (nSPS) is 12.9. The molecule has 1 unspecified atom stereocenters. The summed E-state index contributed by atoms with van der Waals surface area (Å²) < 4.78 is 39.4. The molecular formula is C13H14F3NO3. The molecule has 1 atom stereocenters. The minimum absolute atomic E-state index is 0.323. The van der Waals surface area contributed by atoms with Gasteiger partial charge >= 0.3 is 5.97 Å². The summed E-state index contributed by atoms with van der Waals surface area (Å²) in [5, 5.41) is 10.9. The molecule has 7 heteroatoms. The van der Waals surface area contributed by atoms with E-state index < -0.39 is 46.3 Å². The van der Waals surface area contributed by atoms with Crippen molar-refractivity contribution in [1.82, 2.24) is 0 Å². The number of aliphatic carboxylic acids is 1. The molecule has 1 aromatic carbocycles. The standard InChI is InChI=1S/C13H14F3NO3/c1-13(2,3)9(12(19)20)11(18)17-8-5-6(14)4-7(15)10(8)16/h4-5,9H,1-3H3,(H,17,18)(H,19,20). The second-order valence-corrected chi connectivity index (χ2v) is 5.38. The predicted molar refractivity (Wildman–Crippen MR) is 65.5 cm³/mol. The number of carboxylic acids is 1. The van der Waals surface area contributed by atoms with E-state index in [1.165, 1.54) is 20.8 Å². The first-order chi connectivity index (χ1) is 9.04.